The molecule has 60 valence electrons. The molecule has 1 saturated carbocycles. The van der Waals surface area contributed by atoms with Crippen molar-refractivity contribution in [2.24, 2.45) is 5.92 Å². The number of nitriles is 1. The largest absolute Gasteiger partial charge is 0.198 e. The maximum atomic E-state index is 8.64. The Morgan fingerprint density at radius 1 is 1.33 bits per heavy atom. The lowest BCUT2D eigenvalue weighted by Gasteiger charge is -1.97. The van der Waals surface area contributed by atoms with Crippen molar-refractivity contribution in [1.82, 2.24) is 0 Å². The minimum Gasteiger partial charge on any atom is -0.198 e. The minimum absolute atomic E-state index is 0.285. The fourth-order valence-corrected chi connectivity index (χ4v) is 1.52. The van der Waals surface area contributed by atoms with Crippen LogP contribution in [0, 0.1) is 24.2 Å². The van der Waals surface area contributed by atoms with Crippen LogP contribution in [0.15, 0.2) is 24.3 Å². The summed E-state index contributed by atoms with van der Waals surface area (Å²) in [5.74, 6) is 0.809. The van der Waals surface area contributed by atoms with E-state index in [0.717, 1.165) is 6.42 Å². The standard InChI is InChI=1S/C11H11N/c1-8-2-4-9(5-3-8)11-6-10(11)7-12/h2-5,10-11H,6H2,1H3/t10-,11+/m1/s1. The molecule has 0 saturated heterocycles. The van der Waals surface area contributed by atoms with Gasteiger partial charge in [0.05, 0.1) is 12.0 Å². The average Bonchev–Trinajstić information content (AvgIpc) is 2.85. The average molecular weight is 157 g/mol. The van der Waals surface area contributed by atoms with Gasteiger partial charge in [0.1, 0.15) is 0 Å². The van der Waals surface area contributed by atoms with Crippen molar-refractivity contribution < 1.29 is 0 Å². The molecule has 1 nitrogen and oxygen atoms in total. The summed E-state index contributed by atoms with van der Waals surface area (Å²) in [7, 11) is 0. The van der Waals surface area contributed by atoms with Crippen molar-refractivity contribution in [1.29, 1.82) is 5.26 Å². The number of rotatable bonds is 1. The summed E-state index contributed by atoms with van der Waals surface area (Å²) in [6.07, 6.45) is 1.06. The number of benzene rings is 1. The predicted molar refractivity (Wildman–Crippen MR) is 47.6 cm³/mol. The van der Waals surface area contributed by atoms with Gasteiger partial charge in [0.15, 0.2) is 0 Å². The van der Waals surface area contributed by atoms with Crippen molar-refractivity contribution >= 4 is 0 Å². The first kappa shape index (κ1) is 7.36. The number of aryl methyl sites for hydroxylation is 1. The Morgan fingerprint density at radius 3 is 2.50 bits per heavy atom. The fourth-order valence-electron chi connectivity index (χ4n) is 1.52. The predicted octanol–water partition coefficient (Wildman–Crippen LogP) is 2.62. The summed E-state index contributed by atoms with van der Waals surface area (Å²) in [5, 5.41) is 8.64. The minimum atomic E-state index is 0.285. The Balaban J connectivity index is 2.17. The van der Waals surface area contributed by atoms with Crippen LogP contribution in [0.1, 0.15) is 23.5 Å². The van der Waals surface area contributed by atoms with Gasteiger partial charge in [0.25, 0.3) is 0 Å². The van der Waals surface area contributed by atoms with Gasteiger partial charge < -0.3 is 0 Å². The van der Waals surface area contributed by atoms with Crippen LogP contribution >= 0.6 is 0 Å². The Labute approximate surface area is 72.6 Å². The molecule has 1 aromatic rings. The van der Waals surface area contributed by atoms with E-state index in [1.165, 1.54) is 11.1 Å². The molecule has 2 atom stereocenters. The number of hydrogen-bond acceptors (Lipinski definition) is 1. The summed E-state index contributed by atoms with van der Waals surface area (Å²) in [6, 6.07) is 10.8. The molecule has 0 amide bonds. The van der Waals surface area contributed by atoms with Crippen molar-refractivity contribution in [3.8, 4) is 6.07 Å². The third kappa shape index (κ3) is 1.21. The molecule has 0 aromatic heterocycles. The van der Waals surface area contributed by atoms with E-state index in [4.69, 9.17) is 5.26 Å². The summed E-state index contributed by atoms with van der Waals surface area (Å²) < 4.78 is 0. The second-order valence-corrected chi connectivity index (χ2v) is 3.49. The molecule has 1 aliphatic carbocycles. The van der Waals surface area contributed by atoms with Gasteiger partial charge in [0, 0.05) is 5.92 Å². The molecule has 0 radical (unpaired) electrons. The van der Waals surface area contributed by atoms with Crippen LogP contribution in [-0.4, -0.2) is 0 Å². The number of hydrogen-bond donors (Lipinski definition) is 0. The molecule has 2 rings (SSSR count). The zero-order valence-corrected chi connectivity index (χ0v) is 7.12. The monoisotopic (exact) mass is 157 g/mol. The van der Waals surface area contributed by atoms with E-state index < -0.39 is 0 Å². The Morgan fingerprint density at radius 2 is 2.00 bits per heavy atom. The highest BCUT2D eigenvalue weighted by Crippen LogP contribution is 2.46. The molecule has 1 aliphatic rings. The SMILES string of the molecule is Cc1ccc([C@@H]2C[C@@H]2C#N)cc1. The normalized spacial score (nSPS) is 26.3. The molecule has 0 heterocycles. The van der Waals surface area contributed by atoms with Gasteiger partial charge in [0.2, 0.25) is 0 Å². The molecular formula is C11H11N. The maximum absolute atomic E-state index is 8.64. The van der Waals surface area contributed by atoms with Crippen molar-refractivity contribution in [2.45, 2.75) is 19.3 Å². The van der Waals surface area contributed by atoms with E-state index in [-0.39, 0.29) is 5.92 Å². The summed E-state index contributed by atoms with van der Waals surface area (Å²) in [4.78, 5) is 0. The van der Waals surface area contributed by atoms with Gasteiger partial charge >= 0.3 is 0 Å². The van der Waals surface area contributed by atoms with Crippen molar-refractivity contribution in [3.63, 3.8) is 0 Å². The molecule has 0 aliphatic heterocycles. The van der Waals surface area contributed by atoms with Crippen molar-refractivity contribution in [2.75, 3.05) is 0 Å². The van der Waals surface area contributed by atoms with E-state index in [1.54, 1.807) is 0 Å². The van der Waals surface area contributed by atoms with E-state index >= 15 is 0 Å². The van der Waals surface area contributed by atoms with Crippen LogP contribution in [0.25, 0.3) is 0 Å². The van der Waals surface area contributed by atoms with E-state index in [9.17, 15) is 0 Å². The highest BCUT2D eigenvalue weighted by molar-refractivity contribution is 5.31. The van der Waals surface area contributed by atoms with E-state index in [0.29, 0.717) is 5.92 Å². The molecule has 1 heteroatoms. The van der Waals surface area contributed by atoms with Gasteiger partial charge in [-0.05, 0) is 18.9 Å². The molecule has 12 heavy (non-hydrogen) atoms. The smallest absolute Gasteiger partial charge is 0.0662 e. The van der Waals surface area contributed by atoms with Crippen LogP contribution < -0.4 is 0 Å². The second-order valence-electron chi connectivity index (χ2n) is 3.49. The lowest BCUT2D eigenvalue weighted by Crippen LogP contribution is -1.81. The third-order valence-corrected chi connectivity index (χ3v) is 2.46. The summed E-state index contributed by atoms with van der Waals surface area (Å²) >= 11 is 0. The van der Waals surface area contributed by atoms with Gasteiger partial charge in [-0.1, -0.05) is 29.8 Å². The summed E-state index contributed by atoms with van der Waals surface area (Å²) in [5.41, 5.74) is 2.61. The topological polar surface area (TPSA) is 23.8 Å². The first-order valence-corrected chi connectivity index (χ1v) is 4.27. The Hall–Kier alpha value is -1.29. The Bertz CT molecular complexity index is 318. The van der Waals surface area contributed by atoms with Gasteiger partial charge in [-0.25, -0.2) is 0 Å². The van der Waals surface area contributed by atoms with Crippen LogP contribution in [0.4, 0.5) is 0 Å². The Kier molecular flexibility index (Phi) is 1.62. The quantitative estimate of drug-likeness (QED) is 0.614. The second kappa shape index (κ2) is 2.64. The first-order valence-electron chi connectivity index (χ1n) is 4.27. The maximum Gasteiger partial charge on any atom is 0.0662 e. The van der Waals surface area contributed by atoms with Crippen LogP contribution in [0.5, 0.6) is 0 Å². The fraction of sp³-hybridized carbons (Fsp3) is 0.364. The van der Waals surface area contributed by atoms with Crippen LogP contribution in [-0.2, 0) is 0 Å². The zero-order chi connectivity index (χ0) is 8.55. The van der Waals surface area contributed by atoms with Crippen LogP contribution in [0.3, 0.4) is 0 Å². The van der Waals surface area contributed by atoms with E-state index in [1.807, 2.05) is 0 Å². The lowest BCUT2D eigenvalue weighted by atomic mass is 10.1. The molecule has 1 aromatic carbocycles. The van der Waals surface area contributed by atoms with Gasteiger partial charge in [-0.15, -0.1) is 0 Å². The highest BCUT2D eigenvalue weighted by Gasteiger charge is 2.38. The first-order chi connectivity index (χ1) is 5.81. The number of nitrogens with zero attached hydrogens (tertiary/aromatic N) is 1. The summed E-state index contributed by atoms with van der Waals surface area (Å²) in [6.45, 7) is 2.08. The molecular weight excluding hydrogens is 146 g/mol. The van der Waals surface area contributed by atoms with E-state index in [2.05, 4.69) is 37.3 Å². The molecule has 0 N–H and O–H groups in total. The van der Waals surface area contributed by atoms with Gasteiger partial charge in [-0.2, -0.15) is 5.26 Å². The third-order valence-electron chi connectivity index (χ3n) is 2.46. The highest BCUT2D eigenvalue weighted by atomic mass is 14.4. The molecule has 0 spiro atoms. The van der Waals surface area contributed by atoms with Crippen LogP contribution in [0.2, 0.25) is 0 Å². The lowest BCUT2D eigenvalue weighted by molar-refractivity contribution is 1.02. The zero-order valence-electron chi connectivity index (χ0n) is 7.12. The van der Waals surface area contributed by atoms with Crippen molar-refractivity contribution in [3.05, 3.63) is 35.4 Å². The molecule has 0 unspecified atom stereocenters. The molecule has 0 bridgehead atoms. The van der Waals surface area contributed by atoms with Gasteiger partial charge in [-0.3, -0.25) is 0 Å². The molecule has 1 fully saturated rings.